The lowest BCUT2D eigenvalue weighted by Crippen LogP contribution is -2.24. The highest BCUT2D eigenvalue weighted by molar-refractivity contribution is 5.77. The molecule has 2 rings (SSSR count). The molecule has 1 nitrogen and oxygen atoms in total. The van der Waals surface area contributed by atoms with Gasteiger partial charge in [0.25, 0.3) is 0 Å². The van der Waals surface area contributed by atoms with Crippen LogP contribution in [-0.4, -0.2) is 13.1 Å². The molecule has 1 aromatic rings. The van der Waals surface area contributed by atoms with Crippen LogP contribution in [0.1, 0.15) is 45.6 Å². The highest BCUT2D eigenvalue weighted by Gasteiger charge is 2.07. The second-order valence-corrected chi connectivity index (χ2v) is 5.71. The summed E-state index contributed by atoms with van der Waals surface area (Å²) in [4.78, 5) is 2.49. The molecular weight excluding hydrogens is 254 g/mol. The van der Waals surface area contributed by atoms with Gasteiger partial charge in [-0.1, -0.05) is 55.9 Å². The van der Waals surface area contributed by atoms with Crippen molar-refractivity contribution in [1.82, 2.24) is 0 Å². The van der Waals surface area contributed by atoms with Crippen molar-refractivity contribution in [3.63, 3.8) is 0 Å². The third-order valence-corrected chi connectivity index (χ3v) is 3.84. The number of anilines is 1. The summed E-state index contributed by atoms with van der Waals surface area (Å²) in [5.41, 5.74) is 5.34. The van der Waals surface area contributed by atoms with E-state index < -0.39 is 0 Å². The van der Waals surface area contributed by atoms with Crippen LogP contribution in [0.4, 0.5) is 5.69 Å². The first-order chi connectivity index (χ1) is 10.2. The predicted octanol–water partition coefficient (Wildman–Crippen LogP) is 5.60. The lowest BCUT2D eigenvalue weighted by atomic mass is 10.0. The standard InChI is InChI=1S/C20H27N/c1-4-14-21(15-5-2)20-11-7-10-19(16-20)18-9-6-8-17(3)12-13-18/h7-13,16H,4-6,14-15H2,1-3H3. The first kappa shape index (κ1) is 15.6. The molecule has 1 aliphatic rings. The maximum absolute atomic E-state index is 2.49. The van der Waals surface area contributed by atoms with Gasteiger partial charge in [0.05, 0.1) is 0 Å². The van der Waals surface area contributed by atoms with E-state index in [0.717, 1.165) is 19.5 Å². The molecule has 0 aromatic heterocycles. The minimum absolute atomic E-state index is 1.02. The normalized spacial score (nSPS) is 14.4. The summed E-state index contributed by atoms with van der Waals surface area (Å²) in [6, 6.07) is 8.97. The number of allylic oxidation sites excluding steroid dienone is 6. The van der Waals surface area contributed by atoms with Gasteiger partial charge in [0.2, 0.25) is 0 Å². The number of rotatable bonds is 6. The largest absolute Gasteiger partial charge is 0.372 e. The summed E-state index contributed by atoms with van der Waals surface area (Å²) in [5, 5.41) is 0. The van der Waals surface area contributed by atoms with Gasteiger partial charge in [0, 0.05) is 18.8 Å². The molecule has 1 aromatic carbocycles. The number of benzene rings is 1. The van der Waals surface area contributed by atoms with Gasteiger partial charge >= 0.3 is 0 Å². The number of hydrogen-bond donors (Lipinski definition) is 0. The van der Waals surface area contributed by atoms with E-state index in [1.165, 1.54) is 35.2 Å². The Morgan fingerprint density at radius 2 is 1.76 bits per heavy atom. The van der Waals surface area contributed by atoms with Crippen molar-refractivity contribution >= 4 is 11.3 Å². The lowest BCUT2D eigenvalue weighted by Gasteiger charge is -2.24. The van der Waals surface area contributed by atoms with E-state index in [4.69, 9.17) is 0 Å². The average Bonchev–Trinajstić information content (AvgIpc) is 2.72. The van der Waals surface area contributed by atoms with Crippen molar-refractivity contribution in [1.29, 1.82) is 0 Å². The maximum atomic E-state index is 2.49. The first-order valence-electron chi connectivity index (χ1n) is 8.15. The summed E-state index contributed by atoms with van der Waals surface area (Å²) < 4.78 is 0. The predicted molar refractivity (Wildman–Crippen MR) is 94.7 cm³/mol. The van der Waals surface area contributed by atoms with Crippen molar-refractivity contribution in [2.45, 2.75) is 40.0 Å². The van der Waals surface area contributed by atoms with Gasteiger partial charge in [0.1, 0.15) is 0 Å². The zero-order valence-corrected chi connectivity index (χ0v) is 13.6. The topological polar surface area (TPSA) is 3.24 Å². The fourth-order valence-corrected chi connectivity index (χ4v) is 2.74. The molecule has 0 N–H and O–H groups in total. The molecule has 1 heteroatoms. The summed E-state index contributed by atoms with van der Waals surface area (Å²) in [6.07, 6.45) is 12.4. The molecule has 21 heavy (non-hydrogen) atoms. The van der Waals surface area contributed by atoms with E-state index in [1.54, 1.807) is 0 Å². The van der Waals surface area contributed by atoms with Crippen molar-refractivity contribution in [2.75, 3.05) is 18.0 Å². The Morgan fingerprint density at radius 3 is 2.48 bits per heavy atom. The maximum Gasteiger partial charge on any atom is 0.0372 e. The van der Waals surface area contributed by atoms with Gasteiger partial charge in [-0.3, -0.25) is 0 Å². The zero-order valence-electron chi connectivity index (χ0n) is 13.6. The molecule has 0 radical (unpaired) electrons. The second kappa shape index (κ2) is 7.87. The van der Waals surface area contributed by atoms with Gasteiger partial charge in [0.15, 0.2) is 0 Å². The Bertz CT molecular complexity index is 543. The summed E-state index contributed by atoms with van der Waals surface area (Å²) in [7, 11) is 0. The highest BCUT2D eigenvalue weighted by atomic mass is 15.1. The third-order valence-electron chi connectivity index (χ3n) is 3.84. The second-order valence-electron chi connectivity index (χ2n) is 5.71. The number of nitrogens with zero attached hydrogens (tertiary/aromatic N) is 1. The van der Waals surface area contributed by atoms with E-state index in [-0.39, 0.29) is 0 Å². The zero-order chi connectivity index (χ0) is 15.1. The molecule has 112 valence electrons. The fourth-order valence-electron chi connectivity index (χ4n) is 2.74. The fraction of sp³-hybridized carbons (Fsp3) is 0.400. The molecule has 0 bridgehead atoms. The van der Waals surface area contributed by atoms with Gasteiger partial charge in [-0.25, -0.2) is 0 Å². The van der Waals surface area contributed by atoms with Gasteiger partial charge in [-0.15, -0.1) is 0 Å². The monoisotopic (exact) mass is 281 g/mol. The van der Waals surface area contributed by atoms with E-state index >= 15 is 0 Å². The Kier molecular flexibility index (Phi) is 5.86. The minimum Gasteiger partial charge on any atom is -0.372 e. The summed E-state index contributed by atoms with van der Waals surface area (Å²) in [5.74, 6) is 0. The van der Waals surface area contributed by atoms with Crippen LogP contribution in [0.25, 0.3) is 5.57 Å². The van der Waals surface area contributed by atoms with Crippen LogP contribution in [0, 0.1) is 0 Å². The van der Waals surface area contributed by atoms with Crippen LogP contribution in [-0.2, 0) is 0 Å². The van der Waals surface area contributed by atoms with Crippen molar-refractivity contribution < 1.29 is 0 Å². The van der Waals surface area contributed by atoms with Gasteiger partial charge in [-0.05, 0) is 49.5 Å². The Labute approximate surface area is 129 Å². The molecule has 0 spiro atoms. The molecule has 0 atom stereocenters. The Morgan fingerprint density at radius 1 is 1.00 bits per heavy atom. The minimum atomic E-state index is 1.02. The molecule has 1 aliphatic carbocycles. The third kappa shape index (κ3) is 4.35. The Hall–Kier alpha value is -1.76. The number of hydrogen-bond acceptors (Lipinski definition) is 1. The Balaban J connectivity index is 2.25. The van der Waals surface area contributed by atoms with Crippen LogP contribution in [0.15, 0.2) is 54.1 Å². The molecule has 0 unspecified atom stereocenters. The van der Waals surface area contributed by atoms with Crippen LogP contribution in [0.2, 0.25) is 0 Å². The van der Waals surface area contributed by atoms with Crippen molar-refractivity contribution in [3.8, 4) is 0 Å². The van der Waals surface area contributed by atoms with Gasteiger partial charge < -0.3 is 4.90 Å². The van der Waals surface area contributed by atoms with E-state index in [2.05, 4.69) is 74.2 Å². The SMILES string of the molecule is CCCN(CCC)c1cccc(C2=CCC=C(C)C=C2)c1. The van der Waals surface area contributed by atoms with Crippen molar-refractivity contribution in [2.24, 2.45) is 0 Å². The van der Waals surface area contributed by atoms with E-state index in [0.29, 0.717) is 0 Å². The highest BCUT2D eigenvalue weighted by Crippen LogP contribution is 2.25. The van der Waals surface area contributed by atoms with Crippen LogP contribution in [0.3, 0.4) is 0 Å². The molecule has 0 fully saturated rings. The van der Waals surface area contributed by atoms with E-state index in [9.17, 15) is 0 Å². The molecule has 0 amide bonds. The van der Waals surface area contributed by atoms with E-state index in [1.807, 2.05) is 0 Å². The average molecular weight is 281 g/mol. The molecular formula is C20H27N. The lowest BCUT2D eigenvalue weighted by molar-refractivity contribution is 0.745. The molecule has 0 aliphatic heterocycles. The smallest absolute Gasteiger partial charge is 0.0372 e. The summed E-state index contributed by atoms with van der Waals surface area (Å²) >= 11 is 0. The van der Waals surface area contributed by atoms with Crippen LogP contribution in [0.5, 0.6) is 0 Å². The molecule has 0 saturated carbocycles. The van der Waals surface area contributed by atoms with Crippen LogP contribution < -0.4 is 4.90 Å². The van der Waals surface area contributed by atoms with Gasteiger partial charge in [-0.2, -0.15) is 0 Å². The molecule has 0 heterocycles. The van der Waals surface area contributed by atoms with Crippen molar-refractivity contribution in [3.05, 3.63) is 59.7 Å². The summed E-state index contributed by atoms with van der Waals surface area (Å²) in [6.45, 7) is 8.92. The van der Waals surface area contributed by atoms with Crippen LogP contribution >= 0.6 is 0 Å². The molecule has 0 saturated heterocycles. The first-order valence-corrected chi connectivity index (χ1v) is 8.15. The quantitative estimate of drug-likeness (QED) is 0.655.